The van der Waals surface area contributed by atoms with E-state index in [4.69, 9.17) is 9.15 Å². The van der Waals surface area contributed by atoms with E-state index in [1.165, 1.54) is 5.56 Å². The maximum atomic E-state index is 5.70. The topological polar surface area (TPSA) is 58.8 Å². The van der Waals surface area contributed by atoms with Gasteiger partial charge in [0.1, 0.15) is 24.7 Å². The van der Waals surface area contributed by atoms with Gasteiger partial charge in [0.15, 0.2) is 5.96 Å². The maximum Gasteiger partial charge on any atom is 0.191 e. The minimum atomic E-state index is 0. The summed E-state index contributed by atoms with van der Waals surface area (Å²) in [5.74, 6) is 2.49. The highest BCUT2D eigenvalue weighted by Crippen LogP contribution is 2.11. The van der Waals surface area contributed by atoms with Crippen LogP contribution in [0.5, 0.6) is 5.75 Å². The standard InChI is InChI=1S/C17H23N3O2.HI/c1-3-18-17(20-13-16-8-5-10-21-16)19-9-11-22-15-7-4-6-14(2)12-15;/h4-8,10,12H,3,9,11,13H2,1-2H3,(H2,18,19,20);1H. The van der Waals surface area contributed by atoms with Crippen LogP contribution in [0.3, 0.4) is 0 Å². The third-order valence-electron chi connectivity index (χ3n) is 2.97. The van der Waals surface area contributed by atoms with Gasteiger partial charge in [0.05, 0.1) is 12.8 Å². The number of hydrogen-bond acceptors (Lipinski definition) is 3. The summed E-state index contributed by atoms with van der Waals surface area (Å²) in [6.07, 6.45) is 1.65. The Morgan fingerprint density at radius 2 is 2.09 bits per heavy atom. The van der Waals surface area contributed by atoms with E-state index in [1.54, 1.807) is 6.26 Å². The molecule has 0 saturated heterocycles. The van der Waals surface area contributed by atoms with Gasteiger partial charge in [-0.05, 0) is 43.7 Å². The van der Waals surface area contributed by atoms with Crippen LogP contribution in [-0.2, 0) is 6.54 Å². The second kappa shape index (κ2) is 10.9. The fourth-order valence-electron chi connectivity index (χ4n) is 1.94. The molecule has 1 heterocycles. The van der Waals surface area contributed by atoms with Crippen molar-refractivity contribution in [1.29, 1.82) is 0 Å². The van der Waals surface area contributed by atoms with Gasteiger partial charge in [0.2, 0.25) is 0 Å². The molecule has 0 spiro atoms. The monoisotopic (exact) mass is 429 g/mol. The molecule has 5 nitrogen and oxygen atoms in total. The predicted octanol–water partition coefficient (Wildman–Crippen LogP) is 3.34. The van der Waals surface area contributed by atoms with E-state index < -0.39 is 0 Å². The van der Waals surface area contributed by atoms with Crippen molar-refractivity contribution in [1.82, 2.24) is 10.6 Å². The van der Waals surface area contributed by atoms with Crippen LogP contribution in [0.25, 0.3) is 0 Å². The van der Waals surface area contributed by atoms with Crippen molar-refractivity contribution in [3.8, 4) is 5.75 Å². The first-order valence-electron chi connectivity index (χ1n) is 7.52. The molecular weight excluding hydrogens is 405 g/mol. The van der Waals surface area contributed by atoms with Crippen molar-refractivity contribution in [3.05, 3.63) is 54.0 Å². The lowest BCUT2D eigenvalue weighted by Crippen LogP contribution is -2.39. The fourth-order valence-corrected chi connectivity index (χ4v) is 1.94. The third-order valence-corrected chi connectivity index (χ3v) is 2.97. The molecule has 0 bridgehead atoms. The molecule has 6 heteroatoms. The minimum Gasteiger partial charge on any atom is -0.492 e. The Bertz CT molecular complexity index is 585. The number of nitrogens with one attached hydrogen (secondary N) is 2. The molecule has 1 aromatic carbocycles. The molecule has 23 heavy (non-hydrogen) atoms. The van der Waals surface area contributed by atoms with Crippen molar-refractivity contribution in [2.75, 3.05) is 19.7 Å². The molecule has 0 fully saturated rings. The minimum absolute atomic E-state index is 0. The summed E-state index contributed by atoms with van der Waals surface area (Å²) in [4.78, 5) is 4.46. The Kier molecular flexibility index (Phi) is 9.20. The summed E-state index contributed by atoms with van der Waals surface area (Å²) in [5.41, 5.74) is 1.19. The van der Waals surface area contributed by atoms with Gasteiger partial charge in [0.25, 0.3) is 0 Å². The molecule has 0 unspecified atom stereocenters. The largest absolute Gasteiger partial charge is 0.492 e. The number of hydrogen-bond donors (Lipinski definition) is 2. The van der Waals surface area contributed by atoms with E-state index in [1.807, 2.05) is 37.3 Å². The summed E-state index contributed by atoms with van der Waals surface area (Å²) in [7, 11) is 0. The van der Waals surface area contributed by atoms with Crippen LogP contribution in [0.4, 0.5) is 0 Å². The number of nitrogens with zero attached hydrogens (tertiary/aromatic N) is 1. The summed E-state index contributed by atoms with van der Waals surface area (Å²) in [6, 6.07) is 11.8. The van der Waals surface area contributed by atoms with Crippen LogP contribution in [0, 0.1) is 6.92 Å². The molecule has 0 saturated carbocycles. The molecule has 1 aromatic heterocycles. The normalized spacial score (nSPS) is 10.8. The smallest absolute Gasteiger partial charge is 0.191 e. The third kappa shape index (κ3) is 7.40. The first-order valence-corrected chi connectivity index (χ1v) is 7.52. The van der Waals surface area contributed by atoms with Gasteiger partial charge >= 0.3 is 0 Å². The van der Waals surface area contributed by atoms with Gasteiger partial charge in [-0.1, -0.05) is 12.1 Å². The van der Waals surface area contributed by atoms with Crippen LogP contribution < -0.4 is 15.4 Å². The Morgan fingerprint density at radius 1 is 1.22 bits per heavy atom. The Hall–Kier alpha value is -1.70. The number of furan rings is 1. The Labute approximate surface area is 154 Å². The highest BCUT2D eigenvalue weighted by Gasteiger charge is 1.99. The van der Waals surface area contributed by atoms with Gasteiger partial charge in [-0.15, -0.1) is 24.0 Å². The second-order valence-corrected chi connectivity index (χ2v) is 4.87. The van der Waals surface area contributed by atoms with Crippen LogP contribution in [0.2, 0.25) is 0 Å². The average molecular weight is 429 g/mol. The molecule has 0 aliphatic rings. The van der Waals surface area contributed by atoms with Crippen molar-refractivity contribution < 1.29 is 9.15 Å². The number of aliphatic imine (C=N–C) groups is 1. The molecule has 0 atom stereocenters. The van der Waals surface area contributed by atoms with E-state index in [0.717, 1.165) is 24.0 Å². The maximum absolute atomic E-state index is 5.70. The van der Waals surface area contributed by atoms with Crippen LogP contribution >= 0.6 is 24.0 Å². The second-order valence-electron chi connectivity index (χ2n) is 4.87. The van der Waals surface area contributed by atoms with Gasteiger partial charge in [-0.3, -0.25) is 0 Å². The molecule has 0 aliphatic heterocycles. The molecule has 0 radical (unpaired) electrons. The molecule has 2 rings (SSSR count). The van der Waals surface area contributed by atoms with Crippen molar-refractivity contribution in [2.24, 2.45) is 4.99 Å². The fraction of sp³-hybridized carbons (Fsp3) is 0.353. The van der Waals surface area contributed by atoms with Crippen LogP contribution in [-0.4, -0.2) is 25.7 Å². The summed E-state index contributed by atoms with van der Waals surface area (Å²) >= 11 is 0. The summed E-state index contributed by atoms with van der Waals surface area (Å²) < 4.78 is 11.0. The summed E-state index contributed by atoms with van der Waals surface area (Å²) in [6.45, 7) is 6.67. The molecule has 2 N–H and O–H groups in total. The zero-order valence-electron chi connectivity index (χ0n) is 13.5. The van der Waals surface area contributed by atoms with Gasteiger partial charge < -0.3 is 19.8 Å². The zero-order chi connectivity index (χ0) is 15.6. The first-order chi connectivity index (χ1) is 10.8. The van der Waals surface area contributed by atoms with E-state index in [9.17, 15) is 0 Å². The molecule has 2 aromatic rings. The van der Waals surface area contributed by atoms with E-state index in [-0.39, 0.29) is 24.0 Å². The highest BCUT2D eigenvalue weighted by atomic mass is 127. The van der Waals surface area contributed by atoms with Gasteiger partial charge in [0, 0.05) is 6.54 Å². The number of guanidine groups is 1. The number of rotatable bonds is 7. The Balaban J connectivity index is 0.00000264. The lowest BCUT2D eigenvalue weighted by molar-refractivity contribution is 0.321. The Morgan fingerprint density at radius 3 is 2.78 bits per heavy atom. The van der Waals surface area contributed by atoms with Crippen molar-refractivity contribution in [3.63, 3.8) is 0 Å². The molecule has 0 aliphatic carbocycles. The number of aryl methyl sites for hydroxylation is 1. The van der Waals surface area contributed by atoms with E-state index in [0.29, 0.717) is 19.7 Å². The number of ether oxygens (including phenoxy) is 1. The quantitative estimate of drug-likeness (QED) is 0.307. The van der Waals surface area contributed by atoms with Crippen molar-refractivity contribution in [2.45, 2.75) is 20.4 Å². The predicted molar refractivity (Wildman–Crippen MR) is 104 cm³/mol. The van der Waals surface area contributed by atoms with Crippen molar-refractivity contribution >= 4 is 29.9 Å². The summed E-state index contributed by atoms with van der Waals surface area (Å²) in [5, 5.41) is 6.43. The van der Waals surface area contributed by atoms with E-state index >= 15 is 0 Å². The lowest BCUT2D eigenvalue weighted by atomic mass is 10.2. The molecule has 126 valence electrons. The van der Waals surface area contributed by atoms with E-state index in [2.05, 4.69) is 28.6 Å². The SMILES string of the molecule is CCNC(=NCc1ccco1)NCCOc1cccc(C)c1.I. The highest BCUT2D eigenvalue weighted by molar-refractivity contribution is 14.0. The lowest BCUT2D eigenvalue weighted by Gasteiger charge is -2.12. The number of benzene rings is 1. The van der Waals surface area contributed by atoms with Crippen LogP contribution in [0.1, 0.15) is 18.2 Å². The molecular formula is C17H24IN3O2. The van der Waals surface area contributed by atoms with Crippen LogP contribution in [0.15, 0.2) is 52.1 Å². The average Bonchev–Trinajstić information content (AvgIpc) is 3.02. The zero-order valence-corrected chi connectivity index (χ0v) is 15.9. The molecule has 0 amide bonds. The first kappa shape index (κ1) is 19.3. The number of halogens is 1. The van der Waals surface area contributed by atoms with Gasteiger partial charge in [-0.25, -0.2) is 4.99 Å². The van der Waals surface area contributed by atoms with Gasteiger partial charge in [-0.2, -0.15) is 0 Å².